The lowest BCUT2D eigenvalue weighted by atomic mass is 10.0. The number of fused-ring (bicyclic) bond motifs is 1. The van der Waals surface area contributed by atoms with Crippen LogP contribution in [0.25, 0.3) is 0 Å². The number of nitrogens with one attached hydrogen (secondary N) is 1. The second-order valence-electron chi connectivity index (χ2n) is 7.11. The zero-order valence-electron chi connectivity index (χ0n) is 16.2. The Kier molecular flexibility index (Phi) is 5.30. The van der Waals surface area contributed by atoms with Crippen molar-refractivity contribution in [2.75, 3.05) is 10.2 Å². The molecule has 0 saturated heterocycles. The molecule has 30 heavy (non-hydrogen) atoms. The third-order valence-electron chi connectivity index (χ3n) is 5.15. The van der Waals surface area contributed by atoms with Gasteiger partial charge in [0.1, 0.15) is 0 Å². The van der Waals surface area contributed by atoms with Gasteiger partial charge in [-0.3, -0.25) is 9.59 Å². The second kappa shape index (κ2) is 8.21. The van der Waals surface area contributed by atoms with Crippen molar-refractivity contribution in [3.8, 4) is 0 Å². The number of nitrogens with zero attached hydrogens (tertiary/aromatic N) is 1. The molecule has 0 aromatic heterocycles. The first-order chi connectivity index (χ1) is 14.5. The first-order valence-electron chi connectivity index (χ1n) is 9.64. The van der Waals surface area contributed by atoms with Crippen molar-refractivity contribution in [1.82, 2.24) is 0 Å². The average Bonchev–Trinajstić information content (AvgIpc) is 2.76. The van der Waals surface area contributed by atoms with E-state index in [9.17, 15) is 19.5 Å². The minimum Gasteiger partial charge on any atom is -0.478 e. The number of para-hydroxylation sites is 2. The van der Waals surface area contributed by atoms with E-state index >= 15 is 0 Å². The SMILES string of the molecule is O=C(Nc1ccccc1C(=O)O)c1ccc(CN2C(=O)CCc3ccccc32)cc1. The van der Waals surface area contributed by atoms with Crippen molar-refractivity contribution in [1.29, 1.82) is 0 Å². The number of carbonyl (C=O) groups is 3. The van der Waals surface area contributed by atoms with E-state index in [0.29, 0.717) is 18.5 Å². The van der Waals surface area contributed by atoms with E-state index in [0.717, 1.165) is 23.2 Å². The van der Waals surface area contributed by atoms with Gasteiger partial charge in [0.05, 0.1) is 17.8 Å². The number of aromatic carboxylic acids is 1. The van der Waals surface area contributed by atoms with Gasteiger partial charge in [0.25, 0.3) is 5.91 Å². The van der Waals surface area contributed by atoms with Crippen LogP contribution in [-0.4, -0.2) is 22.9 Å². The van der Waals surface area contributed by atoms with Crippen LogP contribution in [0.4, 0.5) is 11.4 Å². The molecular weight excluding hydrogens is 380 g/mol. The number of hydrogen-bond acceptors (Lipinski definition) is 3. The third kappa shape index (κ3) is 3.93. The molecule has 0 unspecified atom stereocenters. The summed E-state index contributed by atoms with van der Waals surface area (Å²) in [5.74, 6) is -1.41. The van der Waals surface area contributed by atoms with Gasteiger partial charge < -0.3 is 15.3 Å². The van der Waals surface area contributed by atoms with Gasteiger partial charge in [0.2, 0.25) is 5.91 Å². The molecule has 0 aliphatic carbocycles. The van der Waals surface area contributed by atoms with E-state index in [1.54, 1.807) is 35.2 Å². The van der Waals surface area contributed by atoms with Gasteiger partial charge in [-0.2, -0.15) is 0 Å². The molecule has 0 saturated carbocycles. The Morgan fingerprint density at radius 1 is 0.900 bits per heavy atom. The predicted octanol–water partition coefficient (Wildman–Crippen LogP) is 4.12. The number of benzene rings is 3. The van der Waals surface area contributed by atoms with Gasteiger partial charge in [0.15, 0.2) is 0 Å². The molecule has 0 fully saturated rings. The van der Waals surface area contributed by atoms with Crippen LogP contribution in [0.3, 0.4) is 0 Å². The van der Waals surface area contributed by atoms with Gasteiger partial charge in [0, 0.05) is 17.7 Å². The molecule has 0 atom stereocenters. The van der Waals surface area contributed by atoms with E-state index in [2.05, 4.69) is 5.32 Å². The molecule has 4 rings (SSSR count). The topological polar surface area (TPSA) is 86.7 Å². The molecule has 3 aromatic rings. The van der Waals surface area contributed by atoms with E-state index in [-0.39, 0.29) is 17.2 Å². The maximum absolute atomic E-state index is 12.5. The van der Waals surface area contributed by atoms with Crippen LogP contribution >= 0.6 is 0 Å². The normalized spacial score (nSPS) is 12.9. The predicted molar refractivity (Wildman–Crippen MR) is 114 cm³/mol. The smallest absolute Gasteiger partial charge is 0.337 e. The Balaban J connectivity index is 1.49. The zero-order valence-corrected chi connectivity index (χ0v) is 16.2. The average molecular weight is 400 g/mol. The lowest BCUT2D eigenvalue weighted by Gasteiger charge is -2.29. The zero-order chi connectivity index (χ0) is 21.1. The van der Waals surface area contributed by atoms with Crippen molar-refractivity contribution >= 4 is 29.2 Å². The van der Waals surface area contributed by atoms with Crippen molar-refractivity contribution < 1.29 is 19.5 Å². The maximum atomic E-state index is 12.5. The molecule has 2 N–H and O–H groups in total. The molecule has 1 heterocycles. The quantitative estimate of drug-likeness (QED) is 0.675. The van der Waals surface area contributed by atoms with Gasteiger partial charge in [-0.25, -0.2) is 4.79 Å². The van der Waals surface area contributed by atoms with Crippen LogP contribution in [-0.2, 0) is 17.8 Å². The summed E-state index contributed by atoms with van der Waals surface area (Å²) in [6, 6.07) is 21.1. The summed E-state index contributed by atoms with van der Waals surface area (Å²) < 4.78 is 0. The van der Waals surface area contributed by atoms with Crippen LogP contribution in [0.2, 0.25) is 0 Å². The van der Waals surface area contributed by atoms with Crippen LogP contribution in [0, 0.1) is 0 Å². The van der Waals surface area contributed by atoms with Gasteiger partial charge in [-0.15, -0.1) is 0 Å². The first-order valence-corrected chi connectivity index (χ1v) is 9.64. The molecule has 1 aliphatic rings. The Morgan fingerprint density at radius 3 is 2.37 bits per heavy atom. The van der Waals surface area contributed by atoms with E-state index in [4.69, 9.17) is 0 Å². The van der Waals surface area contributed by atoms with E-state index in [1.165, 1.54) is 6.07 Å². The highest BCUT2D eigenvalue weighted by Gasteiger charge is 2.23. The molecule has 6 heteroatoms. The summed E-state index contributed by atoms with van der Waals surface area (Å²) >= 11 is 0. The molecule has 3 aromatic carbocycles. The van der Waals surface area contributed by atoms with E-state index in [1.807, 2.05) is 36.4 Å². The minimum atomic E-state index is -1.10. The highest BCUT2D eigenvalue weighted by Crippen LogP contribution is 2.29. The molecule has 0 spiro atoms. The largest absolute Gasteiger partial charge is 0.478 e. The molecule has 0 radical (unpaired) electrons. The van der Waals surface area contributed by atoms with Crippen molar-refractivity contribution in [3.63, 3.8) is 0 Å². The molecule has 1 aliphatic heterocycles. The molecule has 6 nitrogen and oxygen atoms in total. The summed E-state index contributed by atoms with van der Waals surface area (Å²) in [5.41, 5.74) is 3.68. The first kappa shape index (κ1) is 19.4. The standard InChI is InChI=1S/C24H20N2O4/c27-22-14-13-17-5-1-4-8-21(17)26(22)15-16-9-11-18(12-10-16)23(28)25-20-7-3-2-6-19(20)24(29)30/h1-12H,13-15H2,(H,25,28)(H,29,30). The Labute approximate surface area is 173 Å². The molecule has 0 bridgehead atoms. The fraction of sp³-hybridized carbons (Fsp3) is 0.125. The van der Waals surface area contributed by atoms with Gasteiger partial charge in [-0.05, 0) is 47.9 Å². The molecular formula is C24H20N2O4. The third-order valence-corrected chi connectivity index (χ3v) is 5.15. The van der Waals surface area contributed by atoms with Gasteiger partial charge in [-0.1, -0.05) is 42.5 Å². The van der Waals surface area contributed by atoms with Gasteiger partial charge >= 0.3 is 5.97 Å². The fourth-order valence-electron chi connectivity index (χ4n) is 3.59. The Morgan fingerprint density at radius 2 is 1.60 bits per heavy atom. The number of aryl methyl sites for hydroxylation is 1. The Hall–Kier alpha value is -3.93. The number of carboxylic acid groups (broad SMARTS) is 1. The number of hydrogen-bond donors (Lipinski definition) is 2. The summed E-state index contributed by atoms with van der Waals surface area (Å²) in [7, 11) is 0. The molecule has 150 valence electrons. The summed E-state index contributed by atoms with van der Waals surface area (Å²) in [5, 5.41) is 11.9. The fourth-order valence-corrected chi connectivity index (χ4v) is 3.59. The lowest BCUT2D eigenvalue weighted by molar-refractivity contribution is -0.119. The van der Waals surface area contributed by atoms with Crippen LogP contribution < -0.4 is 10.2 Å². The Bertz CT molecular complexity index is 1120. The highest BCUT2D eigenvalue weighted by atomic mass is 16.4. The maximum Gasteiger partial charge on any atom is 0.337 e. The number of anilines is 2. The van der Waals surface area contributed by atoms with Crippen molar-refractivity contribution in [2.45, 2.75) is 19.4 Å². The number of carboxylic acids is 1. The van der Waals surface area contributed by atoms with Crippen LogP contribution in [0.1, 0.15) is 38.3 Å². The summed E-state index contributed by atoms with van der Waals surface area (Å²) in [6.07, 6.45) is 1.24. The van der Waals surface area contributed by atoms with E-state index < -0.39 is 11.9 Å². The van der Waals surface area contributed by atoms with Crippen LogP contribution in [0.15, 0.2) is 72.8 Å². The summed E-state index contributed by atoms with van der Waals surface area (Å²) in [6.45, 7) is 0.430. The number of rotatable bonds is 5. The van der Waals surface area contributed by atoms with Crippen LogP contribution in [0.5, 0.6) is 0 Å². The number of amides is 2. The summed E-state index contributed by atoms with van der Waals surface area (Å²) in [4.78, 5) is 38.1. The number of carbonyl (C=O) groups excluding carboxylic acids is 2. The lowest BCUT2D eigenvalue weighted by Crippen LogP contribution is -2.34. The van der Waals surface area contributed by atoms with Crippen molar-refractivity contribution in [2.24, 2.45) is 0 Å². The molecule has 2 amide bonds. The monoisotopic (exact) mass is 400 g/mol. The second-order valence-corrected chi connectivity index (χ2v) is 7.11. The van der Waals surface area contributed by atoms with Crippen molar-refractivity contribution in [3.05, 3.63) is 95.1 Å². The minimum absolute atomic E-state index is 0.0322. The highest BCUT2D eigenvalue weighted by molar-refractivity contribution is 6.07.